The van der Waals surface area contributed by atoms with Gasteiger partial charge in [0, 0.05) is 23.8 Å². The van der Waals surface area contributed by atoms with Gasteiger partial charge >= 0.3 is 6.18 Å². The van der Waals surface area contributed by atoms with Crippen LogP contribution < -0.4 is 5.32 Å². The van der Waals surface area contributed by atoms with Crippen LogP contribution in [0.25, 0.3) is 0 Å². The quantitative estimate of drug-likeness (QED) is 0.589. The molecule has 0 spiro atoms. The zero-order valence-electron chi connectivity index (χ0n) is 15.7. The average molecular weight is 499 g/mol. The van der Waals surface area contributed by atoms with Crippen molar-refractivity contribution in [2.24, 2.45) is 5.92 Å². The molecule has 0 aliphatic carbocycles. The molecule has 0 unspecified atom stereocenters. The second-order valence-electron chi connectivity index (χ2n) is 6.96. The first-order valence-corrected chi connectivity index (χ1v) is 11.2. The lowest BCUT2D eigenvalue weighted by Crippen LogP contribution is -2.43. The number of hydrogen-bond acceptors (Lipinski definition) is 3. The van der Waals surface area contributed by atoms with Crippen LogP contribution in [0.4, 0.5) is 23.2 Å². The van der Waals surface area contributed by atoms with Crippen LogP contribution in [-0.4, -0.2) is 31.7 Å². The summed E-state index contributed by atoms with van der Waals surface area (Å²) in [4.78, 5) is 12.4. The van der Waals surface area contributed by atoms with Crippen molar-refractivity contribution in [1.82, 2.24) is 4.31 Å². The van der Waals surface area contributed by atoms with E-state index in [2.05, 4.69) is 5.32 Å². The minimum absolute atomic E-state index is 0.0260. The normalized spacial score (nSPS) is 18.1. The number of carbonyl (C=O) groups is 1. The number of amides is 1. The molecule has 2 aromatic rings. The molecule has 1 heterocycles. The zero-order valence-corrected chi connectivity index (χ0v) is 18.0. The Morgan fingerprint density at radius 3 is 2.52 bits per heavy atom. The Kier molecular flexibility index (Phi) is 6.85. The Bertz CT molecular complexity index is 1110. The number of alkyl halides is 3. The number of nitrogens with zero attached hydrogens (tertiary/aromatic N) is 1. The Morgan fingerprint density at radius 1 is 1.13 bits per heavy atom. The second-order valence-corrected chi connectivity index (χ2v) is 9.71. The number of anilines is 1. The fraction of sp³-hybridized carbons (Fsp3) is 0.316. The molecule has 31 heavy (non-hydrogen) atoms. The van der Waals surface area contributed by atoms with Gasteiger partial charge in [0.2, 0.25) is 15.9 Å². The van der Waals surface area contributed by atoms with E-state index < -0.39 is 39.4 Å². The summed E-state index contributed by atoms with van der Waals surface area (Å²) in [5, 5.41) is 2.46. The summed E-state index contributed by atoms with van der Waals surface area (Å²) in [6.45, 7) is -0.0476. The van der Waals surface area contributed by atoms with Crippen molar-refractivity contribution in [1.29, 1.82) is 0 Å². The van der Waals surface area contributed by atoms with Crippen molar-refractivity contribution in [3.63, 3.8) is 0 Å². The zero-order chi connectivity index (χ0) is 23.0. The van der Waals surface area contributed by atoms with E-state index >= 15 is 0 Å². The molecule has 12 heteroatoms. The lowest BCUT2D eigenvalue weighted by Gasteiger charge is -2.31. The van der Waals surface area contributed by atoms with Gasteiger partial charge in [-0.1, -0.05) is 23.2 Å². The third kappa shape index (κ3) is 5.31. The molecule has 0 saturated carbocycles. The van der Waals surface area contributed by atoms with Gasteiger partial charge in [-0.05, 0) is 49.2 Å². The highest BCUT2D eigenvalue weighted by Crippen LogP contribution is 2.34. The predicted molar refractivity (Wildman–Crippen MR) is 108 cm³/mol. The Hall–Kier alpha value is -1.88. The largest absolute Gasteiger partial charge is 0.419 e. The van der Waals surface area contributed by atoms with Gasteiger partial charge in [0.15, 0.2) is 0 Å². The second kappa shape index (κ2) is 8.93. The lowest BCUT2D eigenvalue weighted by atomic mass is 9.98. The summed E-state index contributed by atoms with van der Waals surface area (Å²) in [6, 6.07) is 6.10. The fourth-order valence-electron chi connectivity index (χ4n) is 3.25. The van der Waals surface area contributed by atoms with Crippen LogP contribution in [0.3, 0.4) is 0 Å². The first kappa shape index (κ1) is 23.8. The molecule has 1 N–H and O–H groups in total. The van der Waals surface area contributed by atoms with Crippen molar-refractivity contribution < 1.29 is 30.8 Å². The molecular formula is C19H16Cl2F4N2O3S. The topological polar surface area (TPSA) is 66.5 Å². The van der Waals surface area contributed by atoms with Gasteiger partial charge in [-0.3, -0.25) is 4.79 Å². The number of nitrogens with one attached hydrogen (secondary N) is 1. The van der Waals surface area contributed by atoms with Gasteiger partial charge in [0.25, 0.3) is 0 Å². The van der Waals surface area contributed by atoms with Crippen LogP contribution >= 0.6 is 23.2 Å². The number of piperidine rings is 1. The molecule has 1 amide bonds. The van der Waals surface area contributed by atoms with Crippen LogP contribution in [0.5, 0.6) is 0 Å². The molecule has 1 atom stereocenters. The van der Waals surface area contributed by atoms with E-state index in [0.29, 0.717) is 25.0 Å². The molecule has 1 aliphatic heterocycles. The molecule has 0 bridgehead atoms. The van der Waals surface area contributed by atoms with Crippen molar-refractivity contribution >= 4 is 44.8 Å². The van der Waals surface area contributed by atoms with Crippen molar-refractivity contribution in [2.75, 3.05) is 18.4 Å². The van der Waals surface area contributed by atoms with Gasteiger partial charge < -0.3 is 5.32 Å². The minimum Gasteiger partial charge on any atom is -0.326 e. The molecule has 5 nitrogen and oxygen atoms in total. The molecule has 3 rings (SSSR count). The first-order chi connectivity index (χ1) is 14.4. The van der Waals surface area contributed by atoms with E-state index in [0.717, 1.165) is 10.4 Å². The monoisotopic (exact) mass is 498 g/mol. The van der Waals surface area contributed by atoms with E-state index in [1.807, 2.05) is 0 Å². The fourth-order valence-corrected chi connectivity index (χ4v) is 5.51. The van der Waals surface area contributed by atoms with Gasteiger partial charge in [0.05, 0.1) is 16.5 Å². The molecule has 0 aromatic heterocycles. The molecular weight excluding hydrogens is 483 g/mol. The Labute approximate surface area is 186 Å². The molecule has 1 fully saturated rings. The summed E-state index contributed by atoms with van der Waals surface area (Å²) in [7, 11) is -4.05. The number of halogens is 6. The summed E-state index contributed by atoms with van der Waals surface area (Å²) in [5.41, 5.74) is -1.75. The number of benzene rings is 2. The summed E-state index contributed by atoms with van der Waals surface area (Å²) in [6.07, 6.45) is -4.24. The van der Waals surface area contributed by atoms with E-state index in [-0.39, 0.29) is 33.7 Å². The van der Waals surface area contributed by atoms with Gasteiger partial charge in [-0.15, -0.1) is 0 Å². The van der Waals surface area contributed by atoms with Gasteiger partial charge in [-0.2, -0.15) is 17.5 Å². The molecule has 0 radical (unpaired) electrons. The highest BCUT2D eigenvalue weighted by Gasteiger charge is 2.36. The number of sulfonamides is 1. The number of hydrogen-bond donors (Lipinski definition) is 1. The first-order valence-electron chi connectivity index (χ1n) is 9.02. The molecule has 2 aromatic carbocycles. The maximum Gasteiger partial charge on any atom is 0.419 e. The Balaban J connectivity index is 1.78. The Morgan fingerprint density at radius 2 is 1.84 bits per heavy atom. The summed E-state index contributed by atoms with van der Waals surface area (Å²) in [5.74, 6) is -2.95. The minimum atomic E-state index is -4.92. The van der Waals surface area contributed by atoms with Crippen molar-refractivity contribution in [3.8, 4) is 0 Å². The van der Waals surface area contributed by atoms with Gasteiger partial charge in [-0.25, -0.2) is 12.8 Å². The molecule has 1 saturated heterocycles. The summed E-state index contributed by atoms with van der Waals surface area (Å²) >= 11 is 11.9. The number of rotatable bonds is 4. The van der Waals surface area contributed by atoms with E-state index in [1.54, 1.807) is 0 Å². The van der Waals surface area contributed by atoms with Crippen molar-refractivity contribution in [2.45, 2.75) is 23.9 Å². The maximum atomic E-state index is 13.4. The van der Waals surface area contributed by atoms with Crippen LogP contribution in [-0.2, 0) is 21.0 Å². The molecule has 168 valence electrons. The maximum absolute atomic E-state index is 13.4. The third-order valence-electron chi connectivity index (χ3n) is 4.81. The summed E-state index contributed by atoms with van der Waals surface area (Å²) < 4.78 is 79.1. The molecule has 1 aliphatic rings. The lowest BCUT2D eigenvalue weighted by molar-refractivity contribution is -0.140. The van der Waals surface area contributed by atoms with Crippen LogP contribution in [0.15, 0.2) is 41.3 Å². The van der Waals surface area contributed by atoms with E-state index in [9.17, 15) is 30.8 Å². The predicted octanol–water partition coefficient (Wildman–Crippen LogP) is 5.19. The highest BCUT2D eigenvalue weighted by molar-refractivity contribution is 7.89. The smallest absolute Gasteiger partial charge is 0.326 e. The average Bonchev–Trinajstić information content (AvgIpc) is 2.70. The van der Waals surface area contributed by atoms with E-state index in [1.165, 1.54) is 18.2 Å². The SMILES string of the molecule is O=C(Nc1ccc(F)c(C(F)(F)F)c1)[C@H]1CCCN(S(=O)(=O)c2cc(Cl)ccc2Cl)C1. The van der Waals surface area contributed by atoms with Gasteiger partial charge in [0.1, 0.15) is 10.7 Å². The van der Waals surface area contributed by atoms with Crippen molar-refractivity contribution in [3.05, 3.63) is 57.8 Å². The number of carbonyl (C=O) groups excluding carboxylic acids is 1. The highest BCUT2D eigenvalue weighted by atomic mass is 35.5. The van der Waals surface area contributed by atoms with Crippen LogP contribution in [0.2, 0.25) is 10.0 Å². The standard InChI is InChI=1S/C19H16Cl2F4N2O3S/c20-12-3-5-15(21)17(8-12)31(29,30)27-7-1-2-11(10-27)18(28)26-13-4-6-16(22)14(9-13)19(23,24)25/h3-6,8-9,11H,1-2,7,10H2,(H,26,28)/t11-/m0/s1. The third-order valence-corrected chi connectivity index (χ3v) is 7.39. The van der Waals surface area contributed by atoms with Crippen LogP contribution in [0, 0.1) is 11.7 Å². The van der Waals surface area contributed by atoms with E-state index in [4.69, 9.17) is 23.2 Å². The van der Waals surface area contributed by atoms with Crippen LogP contribution in [0.1, 0.15) is 18.4 Å².